The first-order valence-corrected chi connectivity index (χ1v) is 10.9. The molecule has 0 N–H and O–H groups in total. The van der Waals surface area contributed by atoms with Crippen LogP contribution in [0.3, 0.4) is 0 Å². The molecule has 8 heteroatoms. The van der Waals surface area contributed by atoms with Crippen molar-refractivity contribution in [3.8, 4) is 5.75 Å². The van der Waals surface area contributed by atoms with Crippen molar-refractivity contribution in [1.82, 2.24) is 4.31 Å². The maximum Gasteiger partial charge on any atom is 0.268 e. The van der Waals surface area contributed by atoms with E-state index >= 15 is 0 Å². The summed E-state index contributed by atoms with van der Waals surface area (Å²) in [6.45, 7) is 2.37. The summed E-state index contributed by atoms with van der Waals surface area (Å²) in [7, 11) is -0.519. The average molecular weight is 423 g/mol. The van der Waals surface area contributed by atoms with Gasteiger partial charge in [0.05, 0.1) is 9.92 Å². The second-order valence-corrected chi connectivity index (χ2v) is 9.32. The van der Waals surface area contributed by atoms with E-state index in [1.807, 2.05) is 6.92 Å². The van der Waals surface area contributed by atoms with Crippen molar-refractivity contribution >= 4 is 33.2 Å². The molecule has 3 rings (SSSR count). The maximum absolute atomic E-state index is 13.1. The third-order valence-corrected chi connectivity index (χ3v) is 6.87. The van der Waals surface area contributed by atoms with Crippen LogP contribution in [0.2, 0.25) is 5.02 Å². The molecule has 1 aliphatic heterocycles. The Morgan fingerprint density at radius 2 is 1.96 bits per heavy atom. The van der Waals surface area contributed by atoms with Crippen LogP contribution in [0.4, 0.5) is 5.69 Å². The fraction of sp³-hybridized carbons (Fsp3) is 0.350. The lowest BCUT2D eigenvalue weighted by Crippen LogP contribution is -2.41. The largest absolute Gasteiger partial charge is 0.479 e. The lowest BCUT2D eigenvalue weighted by Gasteiger charge is -2.24. The number of ether oxygens (including phenoxy) is 1. The van der Waals surface area contributed by atoms with Gasteiger partial charge in [-0.05, 0) is 48.7 Å². The molecule has 1 heterocycles. The number of anilines is 1. The van der Waals surface area contributed by atoms with Gasteiger partial charge in [-0.1, -0.05) is 30.7 Å². The van der Waals surface area contributed by atoms with Crippen LogP contribution < -0.4 is 9.64 Å². The Morgan fingerprint density at radius 3 is 2.61 bits per heavy atom. The van der Waals surface area contributed by atoms with Gasteiger partial charge in [0, 0.05) is 26.3 Å². The van der Waals surface area contributed by atoms with Crippen molar-refractivity contribution in [3.63, 3.8) is 0 Å². The summed E-state index contributed by atoms with van der Waals surface area (Å²) >= 11 is 6.15. The second kappa shape index (κ2) is 8.11. The maximum atomic E-state index is 13.1. The van der Waals surface area contributed by atoms with Crippen LogP contribution in [-0.4, -0.2) is 45.4 Å². The molecule has 0 radical (unpaired) electrons. The molecule has 0 bridgehead atoms. The van der Waals surface area contributed by atoms with E-state index in [0.29, 0.717) is 30.2 Å². The number of carbonyl (C=O) groups excluding carboxylic acids is 1. The van der Waals surface area contributed by atoms with E-state index in [0.717, 1.165) is 11.3 Å². The number of benzene rings is 2. The van der Waals surface area contributed by atoms with E-state index in [1.165, 1.54) is 24.5 Å². The number of carbonyl (C=O) groups is 1. The van der Waals surface area contributed by atoms with Crippen molar-refractivity contribution in [3.05, 3.63) is 53.1 Å². The van der Waals surface area contributed by atoms with Crippen LogP contribution in [0, 0.1) is 0 Å². The molecule has 6 nitrogen and oxygen atoms in total. The highest BCUT2D eigenvalue weighted by atomic mass is 35.5. The zero-order chi connectivity index (χ0) is 20.5. The minimum Gasteiger partial charge on any atom is -0.479 e. The highest BCUT2D eigenvalue weighted by Crippen LogP contribution is 2.32. The van der Waals surface area contributed by atoms with Crippen molar-refractivity contribution in [2.24, 2.45) is 0 Å². The summed E-state index contributed by atoms with van der Waals surface area (Å²) in [6, 6.07) is 11.9. The van der Waals surface area contributed by atoms with E-state index in [1.54, 1.807) is 41.3 Å². The molecule has 2 aromatic rings. The summed E-state index contributed by atoms with van der Waals surface area (Å²) in [5, 5.41) is 0.453. The van der Waals surface area contributed by atoms with Crippen LogP contribution in [0.15, 0.2) is 47.4 Å². The first-order valence-electron chi connectivity index (χ1n) is 9.03. The summed E-state index contributed by atoms with van der Waals surface area (Å²) in [6.07, 6.45) is 0.416. The minimum absolute atomic E-state index is 0.163. The molecule has 1 aliphatic rings. The van der Waals surface area contributed by atoms with E-state index in [-0.39, 0.29) is 10.8 Å². The Morgan fingerprint density at radius 1 is 1.25 bits per heavy atom. The van der Waals surface area contributed by atoms with Crippen molar-refractivity contribution < 1.29 is 17.9 Å². The molecule has 28 heavy (non-hydrogen) atoms. The van der Waals surface area contributed by atoms with Crippen molar-refractivity contribution in [1.29, 1.82) is 0 Å². The number of hydrogen-bond acceptors (Lipinski definition) is 4. The van der Waals surface area contributed by atoms with Crippen LogP contribution in [0.1, 0.15) is 18.9 Å². The molecule has 0 saturated heterocycles. The van der Waals surface area contributed by atoms with Crippen molar-refractivity contribution in [2.75, 3.05) is 25.5 Å². The number of amides is 1. The van der Waals surface area contributed by atoms with Gasteiger partial charge in [-0.15, -0.1) is 0 Å². The van der Waals surface area contributed by atoms with Gasteiger partial charge in [0.1, 0.15) is 5.75 Å². The van der Waals surface area contributed by atoms with Crippen molar-refractivity contribution in [2.45, 2.75) is 30.8 Å². The Hall–Kier alpha value is -2.09. The number of nitrogens with zero attached hydrogens (tertiary/aromatic N) is 2. The topological polar surface area (TPSA) is 66.9 Å². The Balaban J connectivity index is 1.84. The van der Waals surface area contributed by atoms with E-state index in [4.69, 9.17) is 16.3 Å². The molecular weight excluding hydrogens is 400 g/mol. The molecule has 150 valence electrons. The van der Waals surface area contributed by atoms with Gasteiger partial charge in [0.15, 0.2) is 6.10 Å². The number of rotatable bonds is 6. The minimum atomic E-state index is -3.51. The Kier molecular flexibility index (Phi) is 5.98. The zero-order valence-corrected chi connectivity index (χ0v) is 17.6. The SMILES string of the molecule is CCC(Oc1ccccc1Cl)C(=O)N1CCc2cc(S(=O)(=O)N(C)C)ccc21. The molecule has 0 aliphatic carbocycles. The van der Waals surface area contributed by atoms with Gasteiger partial charge < -0.3 is 9.64 Å². The molecule has 2 aromatic carbocycles. The standard InChI is InChI=1S/C20H23ClN2O4S/c1-4-18(27-19-8-6-5-7-16(19)21)20(24)23-12-11-14-13-15(9-10-17(14)23)28(25,26)22(2)3/h5-10,13,18H,4,11-12H2,1-3H3. The number of para-hydroxylation sites is 1. The first-order chi connectivity index (χ1) is 13.3. The van der Waals surface area contributed by atoms with Crippen LogP contribution in [0.25, 0.3) is 0 Å². The van der Waals surface area contributed by atoms with Gasteiger partial charge in [-0.25, -0.2) is 12.7 Å². The first kappa shape index (κ1) is 20.6. The predicted molar refractivity (Wildman–Crippen MR) is 110 cm³/mol. The molecule has 1 amide bonds. The highest BCUT2D eigenvalue weighted by Gasteiger charge is 2.32. The van der Waals surface area contributed by atoms with E-state index in [2.05, 4.69) is 0 Å². The zero-order valence-electron chi connectivity index (χ0n) is 16.1. The summed E-state index contributed by atoms with van der Waals surface area (Å²) in [4.78, 5) is 15.0. The quantitative estimate of drug-likeness (QED) is 0.716. The van der Waals surface area contributed by atoms with Crippen LogP contribution >= 0.6 is 11.6 Å². The molecule has 0 saturated carbocycles. The monoisotopic (exact) mass is 422 g/mol. The van der Waals surface area contributed by atoms with Crippen LogP contribution in [-0.2, 0) is 21.2 Å². The van der Waals surface area contributed by atoms with Gasteiger partial charge >= 0.3 is 0 Å². The molecular formula is C20H23ClN2O4S. The fourth-order valence-electron chi connectivity index (χ4n) is 3.15. The Labute approximate surface area is 170 Å². The Bertz CT molecular complexity index is 991. The predicted octanol–water partition coefficient (Wildman–Crippen LogP) is 3.34. The molecule has 1 unspecified atom stereocenters. The molecule has 0 fully saturated rings. The summed E-state index contributed by atoms with van der Waals surface area (Å²) in [5.74, 6) is 0.306. The van der Waals surface area contributed by atoms with Crippen LogP contribution in [0.5, 0.6) is 5.75 Å². The number of hydrogen-bond donors (Lipinski definition) is 0. The number of fused-ring (bicyclic) bond motifs is 1. The summed E-state index contributed by atoms with van der Waals surface area (Å²) < 4.78 is 31.7. The third-order valence-electron chi connectivity index (χ3n) is 4.74. The van der Waals surface area contributed by atoms with E-state index < -0.39 is 16.1 Å². The fourth-order valence-corrected chi connectivity index (χ4v) is 4.29. The van der Waals surface area contributed by atoms with Gasteiger partial charge in [0.25, 0.3) is 5.91 Å². The van der Waals surface area contributed by atoms with Gasteiger partial charge in [0.2, 0.25) is 10.0 Å². The molecule has 1 atom stereocenters. The average Bonchev–Trinajstić information content (AvgIpc) is 3.10. The lowest BCUT2D eigenvalue weighted by atomic mass is 10.1. The van der Waals surface area contributed by atoms with E-state index in [9.17, 15) is 13.2 Å². The van der Waals surface area contributed by atoms with Gasteiger partial charge in [-0.3, -0.25) is 4.79 Å². The lowest BCUT2D eigenvalue weighted by molar-refractivity contribution is -0.125. The smallest absolute Gasteiger partial charge is 0.268 e. The normalized spacial score (nSPS) is 14.8. The number of halogens is 1. The second-order valence-electron chi connectivity index (χ2n) is 6.76. The van der Waals surface area contributed by atoms with Gasteiger partial charge in [-0.2, -0.15) is 0 Å². The highest BCUT2D eigenvalue weighted by molar-refractivity contribution is 7.89. The summed E-state index contributed by atoms with van der Waals surface area (Å²) in [5.41, 5.74) is 1.56. The number of sulfonamides is 1. The molecule has 0 spiro atoms. The third kappa shape index (κ3) is 3.87. The molecule has 0 aromatic heterocycles.